The van der Waals surface area contributed by atoms with Gasteiger partial charge in [0.15, 0.2) is 0 Å². The van der Waals surface area contributed by atoms with E-state index in [1.54, 1.807) is 0 Å². The Morgan fingerprint density at radius 1 is 1.04 bits per heavy atom. The lowest BCUT2D eigenvalue weighted by molar-refractivity contribution is 0.00248. The Kier molecular flexibility index (Phi) is 7.12. The average molecular weight is 366 g/mol. The topological polar surface area (TPSA) is 35.2 Å². The van der Waals surface area contributed by atoms with Crippen LogP contribution in [0, 0.1) is 0 Å². The van der Waals surface area contributed by atoms with E-state index in [0.717, 1.165) is 30.7 Å². The Hall–Kier alpha value is -1.06. The summed E-state index contributed by atoms with van der Waals surface area (Å²) in [5.74, 6) is 0. The smallest absolute Gasteiger partial charge is 0.0720 e. The van der Waals surface area contributed by atoms with Crippen LogP contribution in [-0.4, -0.2) is 12.6 Å². The summed E-state index contributed by atoms with van der Waals surface area (Å²) in [7, 11) is 0. The molecule has 0 aliphatic heterocycles. The number of hydrogen-bond donors (Lipinski definition) is 1. The first-order valence-electron chi connectivity index (χ1n) is 8.33. The number of ether oxygens (including phenoxy) is 1. The van der Waals surface area contributed by atoms with E-state index in [9.17, 15) is 0 Å². The van der Waals surface area contributed by atoms with Crippen LogP contribution in [0.25, 0.3) is 0 Å². The van der Waals surface area contributed by atoms with Crippen LogP contribution in [0.4, 0.5) is 0 Å². The summed E-state index contributed by atoms with van der Waals surface area (Å²) in [6.07, 6.45) is 4.55. The van der Waals surface area contributed by atoms with Crippen molar-refractivity contribution in [2.75, 3.05) is 6.54 Å². The molecule has 2 N–H and O–H groups in total. The van der Waals surface area contributed by atoms with Gasteiger partial charge >= 0.3 is 0 Å². The number of rotatable bonds is 5. The summed E-state index contributed by atoms with van der Waals surface area (Å²) in [6.45, 7) is 1.36. The summed E-state index contributed by atoms with van der Waals surface area (Å²) in [6, 6.07) is 18.5. The molecule has 2 nitrogen and oxygen atoms in total. The minimum absolute atomic E-state index is 0. The predicted octanol–water partition coefficient (Wildman–Crippen LogP) is 5.12. The molecule has 0 unspecified atom stereocenters. The quantitative estimate of drug-likeness (QED) is 0.797. The maximum atomic E-state index is 6.16. The van der Waals surface area contributed by atoms with Crippen molar-refractivity contribution in [2.24, 2.45) is 5.73 Å². The second-order valence-electron chi connectivity index (χ2n) is 6.49. The molecule has 0 bridgehead atoms. The summed E-state index contributed by atoms with van der Waals surface area (Å²) in [5.41, 5.74) is 8.71. The van der Waals surface area contributed by atoms with Crippen LogP contribution < -0.4 is 5.73 Å². The average Bonchev–Trinajstić information content (AvgIpc) is 2.61. The van der Waals surface area contributed by atoms with Gasteiger partial charge in [-0.2, -0.15) is 0 Å². The predicted molar refractivity (Wildman–Crippen MR) is 103 cm³/mol. The third kappa shape index (κ3) is 4.52. The Bertz CT molecular complexity index is 625. The van der Waals surface area contributed by atoms with Crippen LogP contribution in [-0.2, 0) is 16.8 Å². The third-order valence-electron chi connectivity index (χ3n) is 5.05. The zero-order chi connectivity index (χ0) is 16.1. The van der Waals surface area contributed by atoms with Gasteiger partial charge in [-0.25, -0.2) is 0 Å². The van der Waals surface area contributed by atoms with Crippen LogP contribution in [0.5, 0.6) is 0 Å². The summed E-state index contributed by atoms with van der Waals surface area (Å²) < 4.78 is 6.10. The van der Waals surface area contributed by atoms with E-state index in [1.165, 1.54) is 11.1 Å². The van der Waals surface area contributed by atoms with Crippen LogP contribution in [0.15, 0.2) is 54.6 Å². The standard InChI is InChI=1S/C20H24ClNO.ClH/c21-18-8-4-7-17(13-18)20(15-22)11-9-19(10-12-20)23-14-16-5-2-1-3-6-16;/h1-8,13,19H,9-12,14-15,22H2;1H. The van der Waals surface area contributed by atoms with Gasteiger partial charge < -0.3 is 10.5 Å². The van der Waals surface area contributed by atoms with Gasteiger partial charge in [-0.1, -0.05) is 54.1 Å². The molecule has 0 atom stereocenters. The zero-order valence-corrected chi connectivity index (χ0v) is 15.4. The Labute approximate surface area is 155 Å². The van der Waals surface area contributed by atoms with Crippen molar-refractivity contribution in [3.05, 3.63) is 70.7 Å². The van der Waals surface area contributed by atoms with Gasteiger partial charge in [0, 0.05) is 17.0 Å². The highest BCUT2D eigenvalue weighted by Gasteiger charge is 2.36. The summed E-state index contributed by atoms with van der Waals surface area (Å²) >= 11 is 6.16. The first-order chi connectivity index (χ1) is 11.2. The van der Waals surface area contributed by atoms with E-state index < -0.39 is 0 Å². The fraction of sp³-hybridized carbons (Fsp3) is 0.400. The Morgan fingerprint density at radius 3 is 2.38 bits per heavy atom. The molecule has 130 valence electrons. The van der Waals surface area contributed by atoms with Gasteiger partial charge in [-0.05, 0) is 48.9 Å². The third-order valence-corrected chi connectivity index (χ3v) is 5.28. The molecule has 24 heavy (non-hydrogen) atoms. The van der Waals surface area contributed by atoms with E-state index in [1.807, 2.05) is 18.2 Å². The number of halogens is 2. The first kappa shape index (κ1) is 19.3. The summed E-state index contributed by atoms with van der Waals surface area (Å²) in [4.78, 5) is 0. The van der Waals surface area contributed by atoms with Crippen LogP contribution in [0.2, 0.25) is 5.02 Å². The molecule has 0 aromatic heterocycles. The molecule has 2 aromatic rings. The van der Waals surface area contributed by atoms with Crippen molar-refractivity contribution < 1.29 is 4.74 Å². The second-order valence-corrected chi connectivity index (χ2v) is 6.93. The van der Waals surface area contributed by atoms with Crippen LogP contribution in [0.1, 0.15) is 36.8 Å². The fourth-order valence-electron chi connectivity index (χ4n) is 3.53. The van der Waals surface area contributed by atoms with Crippen molar-refractivity contribution in [3.8, 4) is 0 Å². The van der Waals surface area contributed by atoms with Crippen LogP contribution >= 0.6 is 24.0 Å². The van der Waals surface area contributed by atoms with Crippen molar-refractivity contribution in [1.82, 2.24) is 0 Å². The number of benzene rings is 2. The van der Waals surface area contributed by atoms with Gasteiger partial charge in [0.2, 0.25) is 0 Å². The fourth-order valence-corrected chi connectivity index (χ4v) is 3.72. The minimum atomic E-state index is 0. The molecule has 1 aliphatic rings. The number of hydrogen-bond acceptors (Lipinski definition) is 2. The van der Waals surface area contributed by atoms with E-state index in [2.05, 4.69) is 36.4 Å². The maximum absolute atomic E-state index is 6.16. The Morgan fingerprint density at radius 2 is 1.75 bits per heavy atom. The highest BCUT2D eigenvalue weighted by Crippen LogP contribution is 2.40. The Balaban J connectivity index is 0.00000208. The highest BCUT2D eigenvalue weighted by molar-refractivity contribution is 6.30. The molecule has 1 saturated carbocycles. The maximum Gasteiger partial charge on any atom is 0.0720 e. The lowest BCUT2D eigenvalue weighted by Gasteiger charge is -2.40. The molecule has 0 amide bonds. The van der Waals surface area contributed by atoms with Crippen LogP contribution in [0.3, 0.4) is 0 Å². The molecule has 0 spiro atoms. The second kappa shape index (κ2) is 8.87. The lowest BCUT2D eigenvalue weighted by atomic mass is 9.69. The highest BCUT2D eigenvalue weighted by atomic mass is 35.5. The molecule has 4 heteroatoms. The molecule has 0 heterocycles. The molecular weight excluding hydrogens is 341 g/mol. The van der Waals surface area contributed by atoms with Gasteiger partial charge in [0.05, 0.1) is 12.7 Å². The lowest BCUT2D eigenvalue weighted by Crippen LogP contribution is -2.40. The molecule has 0 saturated heterocycles. The SMILES string of the molecule is Cl.NCC1(c2cccc(Cl)c2)CCC(OCc2ccccc2)CC1. The molecule has 1 fully saturated rings. The largest absolute Gasteiger partial charge is 0.374 e. The van der Waals surface area contributed by atoms with E-state index >= 15 is 0 Å². The van der Waals surface area contributed by atoms with E-state index in [4.69, 9.17) is 22.1 Å². The first-order valence-corrected chi connectivity index (χ1v) is 8.71. The molecule has 0 radical (unpaired) electrons. The van der Waals surface area contributed by atoms with Gasteiger partial charge in [0.1, 0.15) is 0 Å². The van der Waals surface area contributed by atoms with Crippen molar-refractivity contribution in [2.45, 2.75) is 43.8 Å². The van der Waals surface area contributed by atoms with Crippen molar-refractivity contribution >= 4 is 24.0 Å². The van der Waals surface area contributed by atoms with Gasteiger partial charge in [-0.15, -0.1) is 12.4 Å². The number of nitrogens with two attached hydrogens (primary N) is 1. The van der Waals surface area contributed by atoms with Crippen molar-refractivity contribution in [1.29, 1.82) is 0 Å². The van der Waals surface area contributed by atoms with Gasteiger partial charge in [-0.3, -0.25) is 0 Å². The molecule has 2 aromatic carbocycles. The van der Waals surface area contributed by atoms with Crippen molar-refractivity contribution in [3.63, 3.8) is 0 Å². The molecular formula is C20H25Cl2NO. The normalized spacial score (nSPS) is 23.5. The molecule has 1 aliphatic carbocycles. The summed E-state index contributed by atoms with van der Waals surface area (Å²) in [5, 5.41) is 0.790. The van der Waals surface area contributed by atoms with E-state index in [0.29, 0.717) is 19.3 Å². The van der Waals surface area contributed by atoms with Gasteiger partial charge in [0.25, 0.3) is 0 Å². The zero-order valence-electron chi connectivity index (χ0n) is 13.8. The monoisotopic (exact) mass is 365 g/mol. The minimum Gasteiger partial charge on any atom is -0.374 e. The van der Waals surface area contributed by atoms with E-state index in [-0.39, 0.29) is 17.8 Å². The molecule has 3 rings (SSSR count).